The number of benzene rings is 10. The lowest BCUT2D eigenvalue weighted by Crippen LogP contribution is -2.10. The highest BCUT2D eigenvalue weighted by molar-refractivity contribution is 7.26. The number of hydrogen-bond donors (Lipinski definition) is 0. The van der Waals surface area contributed by atoms with Crippen molar-refractivity contribution >= 4 is 92.1 Å². The molecule has 0 atom stereocenters. The molecule has 3 heteroatoms. The molecular weight excluding hydrogens is 735 g/mol. The molecule has 0 radical (unpaired) electrons. The van der Waals surface area contributed by atoms with E-state index < -0.39 is 0 Å². The summed E-state index contributed by atoms with van der Waals surface area (Å²) < 4.78 is 9.04. The molecule has 12 rings (SSSR count). The Morgan fingerprint density at radius 2 is 0.966 bits per heavy atom. The second-order valence-corrected chi connectivity index (χ2v) is 16.3. The van der Waals surface area contributed by atoms with Gasteiger partial charge in [0.1, 0.15) is 11.2 Å². The van der Waals surface area contributed by atoms with Crippen molar-refractivity contribution in [3.05, 3.63) is 212 Å². The molecule has 0 amide bonds. The monoisotopic (exact) mass is 769 g/mol. The standard InChI is InChI=1S/C56H35NOS/c1-2-12-37(13-3-1)44-19-10-20-47-50-34-39(28-33-54(50)59-56(44)47)36-24-29-41(30-25-36)57(51-21-11-23-53-55(51)48-18-8-9-22-52(48)58-53)42-31-26-38(27-32-42)49-35-40-14-4-5-15-43(40)45-16-6-7-17-46(45)49/h1-35H. The van der Waals surface area contributed by atoms with E-state index in [1.165, 1.54) is 75.1 Å². The summed E-state index contributed by atoms with van der Waals surface area (Å²) in [7, 11) is 0. The topological polar surface area (TPSA) is 16.4 Å². The van der Waals surface area contributed by atoms with E-state index in [0.29, 0.717) is 0 Å². The Kier molecular flexibility index (Phi) is 7.75. The summed E-state index contributed by atoms with van der Waals surface area (Å²) in [5.41, 5.74) is 12.3. The van der Waals surface area contributed by atoms with Gasteiger partial charge in [-0.2, -0.15) is 0 Å². The molecule has 0 aliphatic heterocycles. The van der Waals surface area contributed by atoms with E-state index in [9.17, 15) is 0 Å². The minimum atomic E-state index is 0.872. The maximum absolute atomic E-state index is 6.41. The molecule has 0 N–H and O–H groups in total. The fraction of sp³-hybridized carbons (Fsp3) is 0. The quantitative estimate of drug-likeness (QED) is 0.157. The normalized spacial score (nSPS) is 11.7. The van der Waals surface area contributed by atoms with Crippen molar-refractivity contribution in [2.75, 3.05) is 4.90 Å². The molecule has 2 heterocycles. The number of hydrogen-bond acceptors (Lipinski definition) is 3. The fourth-order valence-corrected chi connectivity index (χ4v) is 10.3. The predicted molar refractivity (Wildman–Crippen MR) is 253 cm³/mol. The van der Waals surface area contributed by atoms with Gasteiger partial charge in [0.05, 0.1) is 11.1 Å². The van der Waals surface area contributed by atoms with Gasteiger partial charge in [0.15, 0.2) is 0 Å². The number of para-hydroxylation sites is 1. The van der Waals surface area contributed by atoms with Gasteiger partial charge >= 0.3 is 0 Å². The summed E-state index contributed by atoms with van der Waals surface area (Å²) in [5, 5.41) is 9.85. The lowest BCUT2D eigenvalue weighted by molar-refractivity contribution is 0.669. The number of rotatable bonds is 6. The molecule has 0 aliphatic carbocycles. The van der Waals surface area contributed by atoms with Crippen LogP contribution < -0.4 is 4.90 Å². The third-order valence-corrected chi connectivity index (χ3v) is 13.1. The third-order valence-electron chi connectivity index (χ3n) is 11.9. The highest BCUT2D eigenvalue weighted by Crippen LogP contribution is 2.45. The zero-order valence-electron chi connectivity index (χ0n) is 32.0. The molecule has 0 aliphatic rings. The first-order chi connectivity index (χ1) is 29.2. The predicted octanol–water partition coefficient (Wildman–Crippen LogP) is 16.7. The molecule has 276 valence electrons. The van der Waals surface area contributed by atoms with Crippen LogP contribution in [0, 0.1) is 0 Å². The molecule has 0 fully saturated rings. The first kappa shape index (κ1) is 33.7. The number of fused-ring (bicyclic) bond motifs is 9. The van der Waals surface area contributed by atoms with Crippen LogP contribution in [0.5, 0.6) is 0 Å². The Hall–Kier alpha value is -7.46. The van der Waals surface area contributed by atoms with Crippen molar-refractivity contribution in [3.8, 4) is 33.4 Å². The van der Waals surface area contributed by atoms with Gasteiger partial charge < -0.3 is 9.32 Å². The van der Waals surface area contributed by atoms with Crippen LogP contribution in [0.15, 0.2) is 217 Å². The van der Waals surface area contributed by atoms with Crippen LogP contribution in [-0.2, 0) is 0 Å². The van der Waals surface area contributed by atoms with Gasteiger partial charge in [-0.3, -0.25) is 0 Å². The highest BCUT2D eigenvalue weighted by Gasteiger charge is 2.20. The molecular formula is C56H35NOS. The second-order valence-electron chi connectivity index (χ2n) is 15.2. The van der Waals surface area contributed by atoms with Gasteiger partial charge in [-0.25, -0.2) is 0 Å². The molecule has 2 nitrogen and oxygen atoms in total. The minimum Gasteiger partial charge on any atom is -0.456 e. The summed E-state index contributed by atoms with van der Waals surface area (Å²) in [6.07, 6.45) is 0. The maximum Gasteiger partial charge on any atom is 0.137 e. The smallest absolute Gasteiger partial charge is 0.137 e. The van der Waals surface area contributed by atoms with E-state index in [4.69, 9.17) is 4.42 Å². The van der Waals surface area contributed by atoms with Crippen LogP contribution in [0.1, 0.15) is 0 Å². The van der Waals surface area contributed by atoms with Crippen LogP contribution in [0.3, 0.4) is 0 Å². The number of anilines is 3. The average Bonchev–Trinajstić information content (AvgIpc) is 3.88. The van der Waals surface area contributed by atoms with E-state index in [0.717, 1.165) is 39.0 Å². The van der Waals surface area contributed by atoms with Crippen LogP contribution in [0.2, 0.25) is 0 Å². The Morgan fingerprint density at radius 1 is 0.356 bits per heavy atom. The van der Waals surface area contributed by atoms with Crippen molar-refractivity contribution in [2.24, 2.45) is 0 Å². The second kappa shape index (κ2) is 13.6. The number of thiophene rings is 1. The summed E-state index contributed by atoms with van der Waals surface area (Å²) in [6, 6.07) is 76.9. The lowest BCUT2D eigenvalue weighted by Gasteiger charge is -2.27. The van der Waals surface area contributed by atoms with Gasteiger partial charge in [0.25, 0.3) is 0 Å². The zero-order valence-corrected chi connectivity index (χ0v) is 32.8. The van der Waals surface area contributed by atoms with E-state index >= 15 is 0 Å². The summed E-state index contributed by atoms with van der Waals surface area (Å²) >= 11 is 1.88. The molecule has 0 spiro atoms. The Morgan fingerprint density at radius 3 is 1.78 bits per heavy atom. The molecule has 0 saturated carbocycles. The Balaban J connectivity index is 0.978. The van der Waals surface area contributed by atoms with E-state index in [2.05, 4.69) is 211 Å². The van der Waals surface area contributed by atoms with Crippen molar-refractivity contribution in [1.29, 1.82) is 0 Å². The van der Waals surface area contributed by atoms with Gasteiger partial charge in [-0.05, 0) is 116 Å². The summed E-state index contributed by atoms with van der Waals surface area (Å²) in [5.74, 6) is 0. The molecule has 0 saturated heterocycles. The van der Waals surface area contributed by atoms with Crippen LogP contribution in [0.25, 0.3) is 97.0 Å². The maximum atomic E-state index is 6.41. The SMILES string of the molecule is c1ccc(-c2cccc3c2sc2ccc(-c4ccc(N(c5ccc(-c6cc7ccccc7c7ccccc67)cc5)c5cccc6oc7ccccc7c56)cc4)cc23)cc1. The van der Waals surface area contributed by atoms with E-state index in [1.807, 2.05) is 17.4 Å². The third kappa shape index (κ3) is 5.55. The van der Waals surface area contributed by atoms with Gasteiger partial charge in [-0.1, -0.05) is 152 Å². The Labute approximate surface area is 345 Å². The van der Waals surface area contributed by atoms with Crippen LogP contribution >= 0.6 is 11.3 Å². The number of furan rings is 1. The number of nitrogens with zero attached hydrogens (tertiary/aromatic N) is 1. The minimum absolute atomic E-state index is 0.872. The van der Waals surface area contributed by atoms with Crippen LogP contribution in [0.4, 0.5) is 17.1 Å². The first-order valence-corrected chi connectivity index (χ1v) is 20.9. The zero-order chi connectivity index (χ0) is 38.9. The molecule has 0 unspecified atom stereocenters. The van der Waals surface area contributed by atoms with Gasteiger partial charge in [0.2, 0.25) is 0 Å². The lowest BCUT2D eigenvalue weighted by atomic mass is 9.93. The van der Waals surface area contributed by atoms with Crippen molar-refractivity contribution < 1.29 is 4.42 Å². The van der Waals surface area contributed by atoms with Crippen LogP contribution in [-0.4, -0.2) is 0 Å². The molecule has 59 heavy (non-hydrogen) atoms. The van der Waals surface area contributed by atoms with Gasteiger partial charge in [-0.15, -0.1) is 11.3 Å². The van der Waals surface area contributed by atoms with Crippen molar-refractivity contribution in [3.63, 3.8) is 0 Å². The molecule has 10 aromatic carbocycles. The molecule has 0 bridgehead atoms. The van der Waals surface area contributed by atoms with E-state index in [-0.39, 0.29) is 0 Å². The Bertz CT molecular complexity index is 3540. The highest BCUT2D eigenvalue weighted by atomic mass is 32.1. The van der Waals surface area contributed by atoms with Crippen molar-refractivity contribution in [1.82, 2.24) is 0 Å². The van der Waals surface area contributed by atoms with Crippen molar-refractivity contribution in [2.45, 2.75) is 0 Å². The largest absolute Gasteiger partial charge is 0.456 e. The average molecular weight is 770 g/mol. The summed E-state index contributed by atoms with van der Waals surface area (Å²) in [6.45, 7) is 0. The van der Waals surface area contributed by atoms with Gasteiger partial charge in [0, 0.05) is 36.9 Å². The molecule has 12 aromatic rings. The molecule has 2 aromatic heterocycles. The summed E-state index contributed by atoms with van der Waals surface area (Å²) in [4.78, 5) is 2.37. The first-order valence-electron chi connectivity index (χ1n) is 20.1. The fourth-order valence-electron chi connectivity index (χ4n) is 9.08. The van der Waals surface area contributed by atoms with E-state index in [1.54, 1.807) is 0 Å².